The summed E-state index contributed by atoms with van der Waals surface area (Å²) in [4.78, 5) is 24.1. The molecule has 1 aliphatic rings. The highest BCUT2D eigenvalue weighted by atomic mass is 19.1. The summed E-state index contributed by atoms with van der Waals surface area (Å²) < 4.78 is 46.8. The molecule has 0 saturated heterocycles. The maximum atomic E-state index is 15.6. The largest absolute Gasteiger partial charge is 0.504 e. The summed E-state index contributed by atoms with van der Waals surface area (Å²) in [6.07, 6.45) is 0.724. The molecule has 216 valence electrons. The highest BCUT2D eigenvalue weighted by Gasteiger charge is 2.26. The highest BCUT2D eigenvalue weighted by Crippen LogP contribution is 2.38. The minimum Gasteiger partial charge on any atom is -0.504 e. The molecule has 0 fully saturated rings. The number of aliphatic imine (C=N–C) groups is 1. The van der Waals surface area contributed by atoms with Crippen molar-refractivity contribution in [1.82, 2.24) is 9.88 Å². The number of phenols is 1. The van der Waals surface area contributed by atoms with Crippen molar-refractivity contribution in [2.24, 2.45) is 10.7 Å². The first kappa shape index (κ1) is 29.1. The predicted molar refractivity (Wildman–Crippen MR) is 148 cm³/mol. The Morgan fingerprint density at radius 1 is 1.22 bits per heavy atom. The lowest BCUT2D eigenvalue weighted by molar-refractivity contribution is -0.144. The number of rotatable bonds is 10. The van der Waals surface area contributed by atoms with Gasteiger partial charge in [0.15, 0.2) is 17.3 Å². The lowest BCUT2D eigenvalue weighted by atomic mass is 10.1. The number of nitrogens with two attached hydrogens (primary N) is 1. The molecule has 1 aromatic heterocycles. The molecule has 1 aliphatic heterocycles. The van der Waals surface area contributed by atoms with Crippen LogP contribution in [-0.4, -0.2) is 72.5 Å². The quantitative estimate of drug-likeness (QED) is 0.187. The summed E-state index contributed by atoms with van der Waals surface area (Å²) in [5.74, 6) is -4.51. The molecule has 2 heterocycles. The molecular weight excluding hydrogens is 538 g/mol. The summed E-state index contributed by atoms with van der Waals surface area (Å²) >= 11 is 0. The van der Waals surface area contributed by atoms with E-state index < -0.39 is 35.3 Å². The number of anilines is 1. The second-order valence-electron chi connectivity index (χ2n) is 9.20. The zero-order chi connectivity index (χ0) is 29.8. The number of pyridine rings is 1. The lowest BCUT2D eigenvalue weighted by Crippen LogP contribution is -2.37. The minimum absolute atomic E-state index is 0.0924. The molecule has 4 rings (SSSR count). The normalized spacial score (nSPS) is 13.4. The number of carbonyl (C=O) groups is 1. The molecule has 13 heteroatoms. The van der Waals surface area contributed by atoms with E-state index >= 15 is 4.39 Å². The van der Waals surface area contributed by atoms with Crippen molar-refractivity contribution in [1.29, 1.82) is 5.41 Å². The Bertz CT molecular complexity index is 1520. The van der Waals surface area contributed by atoms with Gasteiger partial charge in [-0.05, 0) is 50.2 Å². The number of nitrogens with zero attached hydrogens (tertiary/aromatic N) is 4. The van der Waals surface area contributed by atoms with Crippen LogP contribution in [0.25, 0.3) is 0 Å². The third-order valence-electron chi connectivity index (χ3n) is 6.47. The number of nitrogen functional groups attached to an aromatic ring is 1. The number of phenolic OH excluding ortho intramolecular Hbond substituents is 1. The topological polar surface area (TPSA) is 147 Å². The number of esters is 1. The van der Waals surface area contributed by atoms with Crippen LogP contribution in [0.1, 0.15) is 25.0 Å². The third-order valence-corrected chi connectivity index (χ3v) is 6.47. The van der Waals surface area contributed by atoms with Gasteiger partial charge in [0.2, 0.25) is 11.6 Å². The van der Waals surface area contributed by atoms with E-state index in [1.807, 2.05) is 11.9 Å². The molecule has 0 saturated carbocycles. The van der Waals surface area contributed by atoms with Crippen LogP contribution in [-0.2, 0) is 9.53 Å². The fraction of sp³-hybridized carbons (Fsp3) is 0.286. The van der Waals surface area contributed by atoms with Gasteiger partial charge in [-0.3, -0.25) is 10.4 Å². The first-order chi connectivity index (χ1) is 19.5. The van der Waals surface area contributed by atoms with Crippen LogP contribution < -0.4 is 20.1 Å². The van der Waals surface area contributed by atoms with E-state index in [4.69, 9.17) is 25.4 Å². The van der Waals surface area contributed by atoms with Crippen molar-refractivity contribution in [3.8, 4) is 28.9 Å². The number of hydrogen-bond donors (Lipinski definition) is 3. The van der Waals surface area contributed by atoms with Gasteiger partial charge in [-0.25, -0.2) is 14.2 Å². The molecule has 11 nitrogen and oxygen atoms in total. The van der Waals surface area contributed by atoms with E-state index in [0.29, 0.717) is 30.2 Å². The molecule has 0 amide bonds. The number of halogens is 2. The van der Waals surface area contributed by atoms with Gasteiger partial charge < -0.3 is 34.9 Å². The number of likely N-dealkylation sites (N-methyl/N-ethyl adjacent to an activating group) is 2. The molecule has 1 unspecified atom stereocenters. The van der Waals surface area contributed by atoms with E-state index in [0.717, 1.165) is 6.20 Å². The van der Waals surface area contributed by atoms with Crippen LogP contribution in [0, 0.1) is 17.0 Å². The SMILES string of the molecule is CCOC(=O)C(C)N(C)c1ccc(Oc2c(F)cnc(Oc3cc(C(=N)N)ccc3O)c2F)c(C2=NCCN2C)c1. The first-order valence-electron chi connectivity index (χ1n) is 12.7. The summed E-state index contributed by atoms with van der Waals surface area (Å²) in [6, 6.07) is 8.10. The zero-order valence-electron chi connectivity index (χ0n) is 22.9. The number of aromatic nitrogens is 1. The Kier molecular flexibility index (Phi) is 8.55. The van der Waals surface area contributed by atoms with Crippen LogP contribution in [0.5, 0.6) is 28.9 Å². The average molecular weight is 569 g/mol. The zero-order valence-corrected chi connectivity index (χ0v) is 22.9. The van der Waals surface area contributed by atoms with Crippen molar-refractivity contribution in [2.75, 3.05) is 38.7 Å². The third kappa shape index (κ3) is 6.13. The van der Waals surface area contributed by atoms with Gasteiger partial charge in [-0.1, -0.05) is 0 Å². The van der Waals surface area contributed by atoms with Crippen LogP contribution in [0.2, 0.25) is 0 Å². The van der Waals surface area contributed by atoms with Gasteiger partial charge in [-0.2, -0.15) is 4.39 Å². The average Bonchev–Trinajstić information content (AvgIpc) is 3.38. The van der Waals surface area contributed by atoms with E-state index in [1.165, 1.54) is 24.3 Å². The smallest absolute Gasteiger partial charge is 0.328 e. The molecule has 41 heavy (non-hydrogen) atoms. The summed E-state index contributed by atoms with van der Waals surface area (Å²) in [6.45, 7) is 4.82. The lowest BCUT2D eigenvalue weighted by Gasteiger charge is -2.27. The van der Waals surface area contributed by atoms with E-state index in [1.54, 1.807) is 37.9 Å². The molecule has 4 N–H and O–H groups in total. The Morgan fingerprint density at radius 3 is 2.63 bits per heavy atom. The van der Waals surface area contributed by atoms with Gasteiger partial charge in [0.05, 0.1) is 24.9 Å². The van der Waals surface area contributed by atoms with Crippen molar-refractivity contribution < 1.29 is 32.9 Å². The number of amidine groups is 2. The van der Waals surface area contributed by atoms with Gasteiger partial charge >= 0.3 is 5.97 Å². The summed E-state index contributed by atoms with van der Waals surface area (Å²) in [5, 5.41) is 17.7. The number of benzene rings is 2. The van der Waals surface area contributed by atoms with Crippen molar-refractivity contribution in [2.45, 2.75) is 19.9 Å². The second-order valence-corrected chi connectivity index (χ2v) is 9.20. The minimum atomic E-state index is -1.26. The monoisotopic (exact) mass is 568 g/mol. The van der Waals surface area contributed by atoms with Gasteiger partial charge in [0.25, 0.3) is 5.88 Å². The van der Waals surface area contributed by atoms with E-state index in [2.05, 4.69) is 9.98 Å². The molecule has 2 aromatic carbocycles. The van der Waals surface area contributed by atoms with Crippen LogP contribution >= 0.6 is 0 Å². The Hall–Kier alpha value is -4.94. The highest BCUT2D eigenvalue weighted by molar-refractivity contribution is 6.03. The number of aromatic hydroxyl groups is 1. The van der Waals surface area contributed by atoms with Gasteiger partial charge in [0.1, 0.15) is 23.5 Å². The molecule has 0 radical (unpaired) electrons. The van der Waals surface area contributed by atoms with E-state index in [9.17, 15) is 14.3 Å². The van der Waals surface area contributed by atoms with Crippen LogP contribution in [0.3, 0.4) is 0 Å². The molecule has 0 aliphatic carbocycles. The second kappa shape index (κ2) is 12.1. The Balaban J connectivity index is 1.72. The number of carbonyl (C=O) groups excluding carboxylic acids is 1. The molecular formula is C28H30F2N6O5. The van der Waals surface area contributed by atoms with Crippen molar-refractivity contribution in [3.05, 3.63) is 65.4 Å². The van der Waals surface area contributed by atoms with Crippen molar-refractivity contribution in [3.63, 3.8) is 0 Å². The number of hydrogen-bond acceptors (Lipinski definition) is 10. The standard InChI is InChI=1S/C28H30F2N6O5/c1-5-39-28(38)15(2)36(4)17-7-9-21(18(13-17)26-33-10-11-35(26)3)40-24-19(29)14-34-27(23(24)30)41-22-12-16(25(31)32)6-8-20(22)37/h6-9,12-15,37H,5,10-11H2,1-4H3,(H3,31,32). The molecule has 0 bridgehead atoms. The molecule has 3 aromatic rings. The molecule has 0 spiro atoms. The van der Waals surface area contributed by atoms with Crippen LogP contribution in [0.15, 0.2) is 47.6 Å². The maximum Gasteiger partial charge on any atom is 0.328 e. The number of nitrogens with one attached hydrogen (secondary N) is 1. The fourth-order valence-corrected chi connectivity index (χ4v) is 4.04. The summed E-state index contributed by atoms with van der Waals surface area (Å²) in [5.41, 5.74) is 6.76. The van der Waals surface area contributed by atoms with Gasteiger partial charge in [0, 0.05) is 31.9 Å². The van der Waals surface area contributed by atoms with E-state index in [-0.39, 0.29) is 35.3 Å². The fourth-order valence-electron chi connectivity index (χ4n) is 4.04. The predicted octanol–water partition coefficient (Wildman–Crippen LogP) is 4.01. The Labute approximate surface area is 235 Å². The first-order valence-corrected chi connectivity index (χ1v) is 12.7. The van der Waals surface area contributed by atoms with Gasteiger partial charge in [-0.15, -0.1) is 0 Å². The Morgan fingerprint density at radius 2 is 1.98 bits per heavy atom. The molecule has 1 atom stereocenters. The maximum absolute atomic E-state index is 15.6. The van der Waals surface area contributed by atoms with Crippen molar-refractivity contribution >= 4 is 23.3 Å². The van der Waals surface area contributed by atoms with Crippen LogP contribution in [0.4, 0.5) is 14.5 Å². The number of ether oxygens (including phenoxy) is 3. The summed E-state index contributed by atoms with van der Waals surface area (Å²) in [7, 11) is 3.55.